The number of nitrogens with one attached hydrogen (secondary N) is 5. The molecule has 6 amide bonds. The molecule has 2 bridgehead atoms. The lowest BCUT2D eigenvalue weighted by atomic mass is 9.85. The summed E-state index contributed by atoms with van der Waals surface area (Å²) < 4.78 is 28.0. The van der Waals surface area contributed by atoms with Crippen LogP contribution >= 0.6 is 0 Å². The molecule has 7 N–H and O–H groups in total. The van der Waals surface area contributed by atoms with E-state index in [2.05, 4.69) is 49.1 Å². The zero-order valence-electron chi connectivity index (χ0n) is 47.6. The number of carbonyl (C=O) groups excluding carboxylic acids is 6. The van der Waals surface area contributed by atoms with Crippen LogP contribution in [-0.4, -0.2) is 149 Å². The Balaban J connectivity index is 0.891. The Bertz CT molecular complexity index is 2860. The highest BCUT2D eigenvalue weighted by Gasteiger charge is 2.46. The number of allylic oxidation sites excluding steroid dienone is 2. The van der Waals surface area contributed by atoms with Crippen molar-refractivity contribution in [3.05, 3.63) is 95.8 Å². The van der Waals surface area contributed by atoms with Crippen molar-refractivity contribution in [3.8, 4) is 17.2 Å². The van der Waals surface area contributed by atoms with Gasteiger partial charge in [0.05, 0.1) is 69.0 Å². The van der Waals surface area contributed by atoms with E-state index < -0.39 is 41.3 Å². The molecule has 0 unspecified atom stereocenters. The van der Waals surface area contributed by atoms with Crippen molar-refractivity contribution < 1.29 is 42.6 Å². The Morgan fingerprint density at radius 2 is 1.72 bits per heavy atom. The molecule has 21 nitrogen and oxygen atoms in total. The molecule has 2 aromatic heterocycles. The Morgan fingerprint density at radius 3 is 2.38 bits per heavy atom. The number of likely N-dealkylation sites (tertiary alicyclic amines) is 1. The Hall–Kier alpha value is -7.48. The van der Waals surface area contributed by atoms with Gasteiger partial charge in [-0.3, -0.25) is 33.4 Å². The monoisotopic (exact) mass is 1120 g/mol. The maximum Gasteiger partial charge on any atom is 0.246 e. The van der Waals surface area contributed by atoms with Crippen LogP contribution in [0.4, 0.5) is 15.9 Å². The van der Waals surface area contributed by atoms with Crippen LogP contribution in [0.15, 0.2) is 78.8 Å². The van der Waals surface area contributed by atoms with Crippen molar-refractivity contribution >= 4 is 46.9 Å². The van der Waals surface area contributed by atoms with Crippen LogP contribution in [0.2, 0.25) is 0 Å². The van der Waals surface area contributed by atoms with Gasteiger partial charge in [0, 0.05) is 68.3 Å². The standard InChI is InChI=1S/C59H80FN13O8/c1-8-44(39-14-10-9-11-15-39)67-57(78)48-32-42(35-72(48)58(79)54(59(4,5)6)68-56(77)38(3)63-7)66-51(75)22-27-81-29-28-80-26-21-50(74)64-23-25-73-49(33-61)53-40-31-47(55(62)65-34-40)70-24-13-17-46(70)37(2)30-41(60)16-12-18-52(76)71(43-19-20-43)36-45(53)69-73/h9-12,14-16,30-31,34,38,42-44,46,48,54,63H,2,8,13,17-29,32,35-36H2,1,3-7H3,(H2,62,65)(H,64,74)(H,66,75)(H,67,78)(H,68,77)/b16-12-,41-30+/t38-,42-,44+,46-,48-,54+/m1/s1. The van der Waals surface area contributed by atoms with Gasteiger partial charge in [-0.2, -0.15) is 10.4 Å². The van der Waals surface area contributed by atoms with E-state index >= 15 is 4.39 Å². The summed E-state index contributed by atoms with van der Waals surface area (Å²) in [6.07, 6.45) is 9.77. The van der Waals surface area contributed by atoms with Gasteiger partial charge in [0.15, 0.2) is 0 Å². The molecule has 3 fully saturated rings. The topological polar surface area (TPSA) is 271 Å². The lowest BCUT2D eigenvalue weighted by Gasteiger charge is -2.36. The van der Waals surface area contributed by atoms with Crippen LogP contribution in [0, 0.1) is 16.7 Å². The van der Waals surface area contributed by atoms with Gasteiger partial charge < -0.3 is 56.5 Å². The fraction of sp³-hybridized carbons (Fsp3) is 0.542. The molecule has 7 rings (SSSR count). The molecule has 3 aliphatic heterocycles. The summed E-state index contributed by atoms with van der Waals surface area (Å²) in [4.78, 5) is 91.2. The maximum atomic E-state index is 15.1. The van der Waals surface area contributed by atoms with Crippen molar-refractivity contribution in [2.75, 3.05) is 63.7 Å². The Kier molecular flexibility index (Phi) is 21.4. The fourth-order valence-electron chi connectivity index (χ4n) is 10.5. The summed E-state index contributed by atoms with van der Waals surface area (Å²) in [6.45, 7) is 15.0. The summed E-state index contributed by atoms with van der Waals surface area (Å²) >= 11 is 0. The highest BCUT2D eigenvalue weighted by Crippen LogP contribution is 2.39. The van der Waals surface area contributed by atoms with Gasteiger partial charge in [-0.1, -0.05) is 70.7 Å². The van der Waals surface area contributed by atoms with Gasteiger partial charge in [0.2, 0.25) is 35.4 Å². The van der Waals surface area contributed by atoms with E-state index in [1.54, 1.807) is 25.1 Å². The number of hydrogen-bond acceptors (Lipinski definition) is 14. The number of nitrogen functional groups attached to an aromatic ring is 1. The Morgan fingerprint density at radius 1 is 1.00 bits per heavy atom. The molecule has 2 saturated heterocycles. The molecule has 0 spiro atoms. The number of hydrogen-bond donors (Lipinski definition) is 6. The largest absolute Gasteiger partial charge is 0.382 e. The number of pyridine rings is 1. The van der Waals surface area contributed by atoms with Gasteiger partial charge >= 0.3 is 0 Å². The summed E-state index contributed by atoms with van der Waals surface area (Å²) in [5.41, 5.74) is 9.70. The van der Waals surface area contributed by atoms with Gasteiger partial charge in [0.1, 0.15) is 35.5 Å². The number of fused-ring (bicyclic) bond motifs is 6. The summed E-state index contributed by atoms with van der Waals surface area (Å²) in [5, 5.41) is 30.3. The lowest BCUT2D eigenvalue weighted by Crippen LogP contribution is -2.59. The van der Waals surface area contributed by atoms with E-state index in [0.29, 0.717) is 41.0 Å². The highest BCUT2D eigenvalue weighted by atomic mass is 19.1. The number of amides is 6. The second-order valence-corrected chi connectivity index (χ2v) is 22.2. The third kappa shape index (κ3) is 16.1. The zero-order valence-corrected chi connectivity index (χ0v) is 47.6. The average Bonchev–Trinajstić information content (AvgIpc) is 4.01. The summed E-state index contributed by atoms with van der Waals surface area (Å²) in [7, 11) is 1.65. The number of nitrogens with zero attached hydrogens (tertiary/aromatic N) is 7. The van der Waals surface area contributed by atoms with Crippen LogP contribution in [0.3, 0.4) is 0 Å². The molecule has 1 saturated carbocycles. The number of anilines is 2. The molecule has 1 aromatic carbocycles. The van der Waals surface area contributed by atoms with E-state index in [1.807, 2.05) is 64.1 Å². The third-order valence-electron chi connectivity index (χ3n) is 15.2. The number of likely N-dealkylation sites (N-methyl/N-ethyl adjacent to an activating group) is 1. The number of carbonyl (C=O) groups is 6. The predicted octanol–water partition coefficient (Wildman–Crippen LogP) is 4.65. The number of nitrogens with two attached hydrogens (primary N) is 1. The first-order chi connectivity index (χ1) is 38.8. The smallest absolute Gasteiger partial charge is 0.246 e. The SMILES string of the molecule is C=C1/C=C(F)\C=C/CC(=O)N(C2CC2)Cc2nn(CCNC(=O)CCOCCOCCC(=O)N[C@@H]3C[C@H](C(=O)N[C@@H](CC)c4ccccc4)N(C(=O)[C@H](NC(=O)[C@@H](C)NC)C(C)(C)C)C3)c(C#N)c2-c2cnc(N)c(c2)N2CCC[C@H]12. The van der Waals surface area contributed by atoms with Crippen LogP contribution in [0.25, 0.3) is 11.1 Å². The van der Waals surface area contributed by atoms with E-state index in [4.69, 9.17) is 20.3 Å². The first-order valence-electron chi connectivity index (χ1n) is 28.2. The molecule has 22 heteroatoms. The average molecular weight is 1120 g/mol. The normalized spacial score (nSPS) is 20.7. The van der Waals surface area contributed by atoms with E-state index in [1.165, 1.54) is 27.8 Å². The number of nitriles is 1. The van der Waals surface area contributed by atoms with Gasteiger partial charge in [-0.05, 0) is 87.3 Å². The molecule has 4 aliphatic rings. The van der Waals surface area contributed by atoms with E-state index in [0.717, 1.165) is 31.2 Å². The summed E-state index contributed by atoms with van der Waals surface area (Å²) in [6, 6.07) is 10.2. The van der Waals surface area contributed by atoms with Crippen LogP contribution in [0.5, 0.6) is 0 Å². The minimum absolute atomic E-state index is 0.00705. The molecule has 6 atom stereocenters. The van der Waals surface area contributed by atoms with Crippen molar-refractivity contribution in [2.45, 2.75) is 148 Å². The first kappa shape index (κ1) is 61.1. The minimum atomic E-state index is -0.953. The molecule has 5 heterocycles. The number of halogens is 1. The zero-order chi connectivity index (χ0) is 58.4. The first-order valence-corrected chi connectivity index (χ1v) is 28.2. The van der Waals surface area contributed by atoms with Crippen LogP contribution < -0.4 is 37.2 Å². The molecule has 3 aromatic rings. The second kappa shape index (κ2) is 28.3. The minimum Gasteiger partial charge on any atom is -0.382 e. The van der Waals surface area contributed by atoms with Gasteiger partial charge in [-0.15, -0.1) is 0 Å². The molecule has 436 valence electrons. The predicted molar refractivity (Wildman–Crippen MR) is 304 cm³/mol. The fourth-order valence-corrected chi connectivity index (χ4v) is 10.5. The second-order valence-electron chi connectivity index (χ2n) is 22.2. The molecule has 0 radical (unpaired) electrons. The van der Waals surface area contributed by atoms with Crippen molar-refractivity contribution in [3.63, 3.8) is 0 Å². The van der Waals surface area contributed by atoms with Gasteiger partial charge in [-0.25, -0.2) is 9.37 Å². The third-order valence-corrected chi connectivity index (χ3v) is 15.2. The number of ether oxygens (including phenoxy) is 2. The quantitative estimate of drug-likeness (QED) is 0.0749. The number of aromatic nitrogens is 3. The van der Waals surface area contributed by atoms with Crippen molar-refractivity contribution in [2.24, 2.45) is 5.41 Å². The maximum absolute atomic E-state index is 15.1. The highest BCUT2D eigenvalue weighted by molar-refractivity contribution is 5.94. The Labute approximate surface area is 474 Å². The lowest BCUT2D eigenvalue weighted by molar-refractivity contribution is -0.144. The number of rotatable bonds is 22. The molecule has 1 aliphatic carbocycles. The van der Waals surface area contributed by atoms with Crippen molar-refractivity contribution in [1.82, 2.24) is 51.1 Å². The van der Waals surface area contributed by atoms with Crippen LogP contribution in [0.1, 0.15) is 115 Å². The summed E-state index contributed by atoms with van der Waals surface area (Å²) in [5.74, 6) is -2.17. The van der Waals surface area contributed by atoms with E-state index in [9.17, 15) is 34.0 Å². The van der Waals surface area contributed by atoms with Crippen LogP contribution in [-0.2, 0) is 51.3 Å². The van der Waals surface area contributed by atoms with Gasteiger partial charge in [0.25, 0.3) is 0 Å². The van der Waals surface area contributed by atoms with Crippen molar-refractivity contribution in [1.29, 1.82) is 5.26 Å². The molecule has 81 heavy (non-hydrogen) atoms. The van der Waals surface area contributed by atoms with E-state index in [-0.39, 0.29) is 137 Å². The number of benzene rings is 1. The molecular formula is C59H80FN13O8. The molecular weight excluding hydrogens is 1040 g/mol.